The minimum atomic E-state index is -4.18. The Kier molecular flexibility index (Phi) is 7.05. The molecule has 0 aliphatic carbocycles. The van der Waals surface area contributed by atoms with Crippen molar-refractivity contribution in [1.82, 2.24) is 4.72 Å². The number of carboxylic acid groups (broad SMARTS) is 1. The van der Waals surface area contributed by atoms with Gasteiger partial charge >= 0.3 is 5.97 Å². The average molecular weight is 401 g/mol. The molecular weight excluding hydrogens is 381 g/mol. The van der Waals surface area contributed by atoms with Gasteiger partial charge in [0.2, 0.25) is 0 Å². The standard InChI is InChI=1S/C16H20F5NO3S/c1-14(2,3)26(25)22-15(9-17,16(20,21)8-7-12(23)24)10-5-4-6-11(18)13(10)19/h4-6,22H,7-9H2,1-3H3,(H,23,24)/t15-,26-/m1/s1. The molecule has 148 valence electrons. The van der Waals surface area contributed by atoms with Crippen molar-refractivity contribution < 1.29 is 36.4 Å². The summed E-state index contributed by atoms with van der Waals surface area (Å²) >= 11 is -2.29. The highest BCUT2D eigenvalue weighted by molar-refractivity contribution is 7.90. The van der Waals surface area contributed by atoms with Crippen molar-refractivity contribution in [3.8, 4) is 0 Å². The van der Waals surface area contributed by atoms with Gasteiger partial charge in [-0.25, -0.2) is 22.0 Å². The zero-order chi connectivity index (χ0) is 20.3. The van der Waals surface area contributed by atoms with Gasteiger partial charge in [-0.15, -0.1) is 4.72 Å². The van der Waals surface area contributed by atoms with E-state index in [0.717, 1.165) is 12.1 Å². The molecule has 0 aromatic heterocycles. The zero-order valence-corrected chi connectivity index (χ0v) is 15.2. The molecule has 0 aliphatic heterocycles. The maximum Gasteiger partial charge on any atom is 0.303 e. The van der Waals surface area contributed by atoms with Crippen LogP contribution in [0.15, 0.2) is 18.2 Å². The molecule has 1 aromatic rings. The molecule has 10 heteroatoms. The summed E-state index contributed by atoms with van der Waals surface area (Å²) in [6.07, 6.45) is -2.41. The number of carbonyl (C=O) groups is 1. The molecule has 4 nitrogen and oxygen atoms in total. The topological polar surface area (TPSA) is 72.4 Å². The van der Waals surface area contributed by atoms with Crippen molar-refractivity contribution in [2.24, 2.45) is 0 Å². The largest absolute Gasteiger partial charge is 0.598 e. The van der Waals surface area contributed by atoms with Crippen LogP contribution in [0.25, 0.3) is 0 Å². The van der Waals surface area contributed by atoms with Crippen LogP contribution >= 0.6 is 0 Å². The van der Waals surface area contributed by atoms with Gasteiger partial charge in [-0.05, 0) is 26.8 Å². The molecule has 0 saturated carbocycles. The Labute approximate surface area is 151 Å². The van der Waals surface area contributed by atoms with Crippen LogP contribution in [-0.4, -0.2) is 33.0 Å². The summed E-state index contributed by atoms with van der Waals surface area (Å²) in [6.45, 7) is 2.30. The van der Waals surface area contributed by atoms with Gasteiger partial charge < -0.3 is 9.66 Å². The maximum absolute atomic E-state index is 14.9. The van der Waals surface area contributed by atoms with Crippen molar-refractivity contribution in [2.45, 2.75) is 49.8 Å². The van der Waals surface area contributed by atoms with Gasteiger partial charge in [-0.3, -0.25) is 4.79 Å². The van der Waals surface area contributed by atoms with Crippen molar-refractivity contribution >= 4 is 17.3 Å². The first-order valence-corrected chi connectivity index (χ1v) is 8.73. The number of alkyl halides is 3. The SMILES string of the molecule is CC(C)(C)[S@@+]([O-])N[C@](CF)(c1cccc(F)c1F)C(F)(F)CCC(=O)O. The van der Waals surface area contributed by atoms with E-state index in [1.54, 1.807) is 0 Å². The first-order chi connectivity index (χ1) is 11.8. The van der Waals surface area contributed by atoms with E-state index in [0.29, 0.717) is 6.07 Å². The predicted octanol–water partition coefficient (Wildman–Crippen LogP) is 3.68. The molecule has 0 saturated heterocycles. The van der Waals surface area contributed by atoms with Gasteiger partial charge in [0.25, 0.3) is 5.92 Å². The van der Waals surface area contributed by atoms with Gasteiger partial charge in [0.1, 0.15) is 11.4 Å². The highest BCUT2D eigenvalue weighted by atomic mass is 32.2. The quantitative estimate of drug-likeness (QED) is 0.515. The Balaban J connectivity index is 3.57. The van der Waals surface area contributed by atoms with Crippen molar-refractivity contribution in [3.63, 3.8) is 0 Å². The molecule has 2 atom stereocenters. The third-order valence-corrected chi connectivity index (χ3v) is 5.36. The summed E-state index contributed by atoms with van der Waals surface area (Å²) in [7, 11) is 0. The lowest BCUT2D eigenvalue weighted by Gasteiger charge is -2.40. The predicted molar refractivity (Wildman–Crippen MR) is 86.9 cm³/mol. The number of nitrogens with one attached hydrogen (secondary N) is 1. The van der Waals surface area contributed by atoms with E-state index >= 15 is 0 Å². The molecule has 1 aromatic carbocycles. The van der Waals surface area contributed by atoms with Gasteiger partial charge in [0.15, 0.2) is 17.2 Å². The minimum Gasteiger partial charge on any atom is -0.598 e. The van der Waals surface area contributed by atoms with Gasteiger partial charge in [0, 0.05) is 23.3 Å². The van der Waals surface area contributed by atoms with Crippen LogP contribution in [0, 0.1) is 11.6 Å². The molecular formula is C16H20F5NO3S. The van der Waals surface area contributed by atoms with Crippen molar-refractivity contribution in [1.29, 1.82) is 0 Å². The van der Waals surface area contributed by atoms with Crippen LogP contribution in [-0.2, 0) is 21.7 Å². The van der Waals surface area contributed by atoms with Crippen LogP contribution in [0.4, 0.5) is 22.0 Å². The first kappa shape index (κ1) is 22.7. The molecule has 0 heterocycles. The Hall–Kier alpha value is -1.39. The summed E-state index contributed by atoms with van der Waals surface area (Å²) in [5.74, 6) is -8.97. The number of benzene rings is 1. The lowest BCUT2D eigenvalue weighted by Crippen LogP contribution is -2.62. The summed E-state index contributed by atoms with van der Waals surface area (Å²) < 4.78 is 84.6. The van der Waals surface area contributed by atoms with Crippen LogP contribution in [0.5, 0.6) is 0 Å². The third-order valence-electron chi connectivity index (χ3n) is 3.71. The van der Waals surface area contributed by atoms with Gasteiger partial charge in [-0.2, -0.15) is 0 Å². The molecule has 0 radical (unpaired) electrons. The Morgan fingerprint density at radius 3 is 2.31 bits per heavy atom. The number of aliphatic carboxylic acids is 1. The average Bonchev–Trinajstić information content (AvgIpc) is 2.52. The Morgan fingerprint density at radius 2 is 1.85 bits per heavy atom. The first-order valence-electron chi connectivity index (χ1n) is 7.58. The number of hydrogen-bond donors (Lipinski definition) is 2. The van der Waals surface area contributed by atoms with Crippen LogP contribution in [0.2, 0.25) is 0 Å². The fraction of sp³-hybridized carbons (Fsp3) is 0.562. The van der Waals surface area contributed by atoms with Crippen LogP contribution in [0.3, 0.4) is 0 Å². The lowest BCUT2D eigenvalue weighted by molar-refractivity contribution is -0.143. The summed E-state index contributed by atoms with van der Waals surface area (Å²) in [4.78, 5) is 10.7. The molecule has 0 unspecified atom stereocenters. The Morgan fingerprint density at radius 1 is 1.27 bits per heavy atom. The second kappa shape index (κ2) is 8.10. The lowest BCUT2D eigenvalue weighted by atomic mass is 9.83. The number of hydrogen-bond acceptors (Lipinski definition) is 3. The van der Waals surface area contributed by atoms with Crippen LogP contribution < -0.4 is 4.72 Å². The maximum atomic E-state index is 14.9. The minimum absolute atomic E-state index is 0.665. The second-order valence-electron chi connectivity index (χ2n) is 6.72. The molecule has 0 amide bonds. The van der Waals surface area contributed by atoms with Crippen LogP contribution in [0.1, 0.15) is 39.2 Å². The molecule has 0 aliphatic rings. The van der Waals surface area contributed by atoms with E-state index in [9.17, 15) is 31.3 Å². The molecule has 0 bridgehead atoms. The highest BCUT2D eigenvalue weighted by Crippen LogP contribution is 2.44. The molecule has 1 rings (SSSR count). The molecule has 0 spiro atoms. The zero-order valence-electron chi connectivity index (χ0n) is 14.4. The summed E-state index contributed by atoms with van der Waals surface area (Å²) in [5.41, 5.74) is -4.26. The van der Waals surface area contributed by atoms with Crippen molar-refractivity contribution in [3.05, 3.63) is 35.4 Å². The van der Waals surface area contributed by atoms with E-state index in [1.807, 2.05) is 4.72 Å². The van der Waals surface area contributed by atoms with E-state index < -0.39 is 70.3 Å². The monoisotopic (exact) mass is 401 g/mol. The van der Waals surface area contributed by atoms with Gasteiger partial charge in [0.05, 0.1) is 6.42 Å². The highest BCUT2D eigenvalue weighted by Gasteiger charge is 2.60. The van der Waals surface area contributed by atoms with E-state index in [4.69, 9.17) is 5.11 Å². The van der Waals surface area contributed by atoms with Gasteiger partial charge in [-0.1, -0.05) is 12.1 Å². The fourth-order valence-electron chi connectivity index (χ4n) is 2.15. The summed E-state index contributed by atoms with van der Waals surface area (Å²) in [6, 6.07) is 2.32. The summed E-state index contributed by atoms with van der Waals surface area (Å²) in [5, 5.41) is 8.65. The third kappa shape index (κ3) is 4.66. The van der Waals surface area contributed by atoms with E-state index in [-0.39, 0.29) is 0 Å². The molecule has 2 N–H and O–H groups in total. The Bertz CT molecular complexity index is 653. The number of rotatable bonds is 8. The normalized spacial score (nSPS) is 16.2. The molecule has 0 fully saturated rings. The fourth-order valence-corrected chi connectivity index (χ4v) is 3.08. The smallest absolute Gasteiger partial charge is 0.303 e. The van der Waals surface area contributed by atoms with Crippen molar-refractivity contribution in [2.75, 3.05) is 6.67 Å². The molecule has 26 heavy (non-hydrogen) atoms. The van der Waals surface area contributed by atoms with E-state index in [1.165, 1.54) is 20.8 Å². The number of carboxylic acids is 1. The number of halogens is 5. The van der Waals surface area contributed by atoms with E-state index in [2.05, 4.69) is 0 Å². The second-order valence-corrected chi connectivity index (χ2v) is 8.69.